The van der Waals surface area contributed by atoms with Gasteiger partial charge in [-0.15, -0.1) is 0 Å². The van der Waals surface area contributed by atoms with Crippen LogP contribution in [-0.4, -0.2) is 11.7 Å². The van der Waals surface area contributed by atoms with Crippen molar-refractivity contribution >= 4 is 23.3 Å². The highest BCUT2D eigenvalue weighted by molar-refractivity contribution is 6.31. The number of ketones is 1. The van der Waals surface area contributed by atoms with E-state index < -0.39 is 11.7 Å². The molecule has 0 radical (unpaired) electrons. The van der Waals surface area contributed by atoms with Gasteiger partial charge in [0.2, 0.25) is 5.91 Å². The van der Waals surface area contributed by atoms with Crippen molar-refractivity contribution in [3.8, 4) is 0 Å². The van der Waals surface area contributed by atoms with Crippen LogP contribution in [0.1, 0.15) is 42.2 Å². The molecule has 0 unspecified atom stereocenters. The van der Waals surface area contributed by atoms with Crippen molar-refractivity contribution in [3.63, 3.8) is 0 Å². The van der Waals surface area contributed by atoms with Crippen LogP contribution in [0.15, 0.2) is 53.7 Å². The Bertz CT molecular complexity index is 948. The van der Waals surface area contributed by atoms with Crippen molar-refractivity contribution in [2.24, 2.45) is 0 Å². The van der Waals surface area contributed by atoms with Crippen LogP contribution < -0.4 is 5.32 Å². The fourth-order valence-corrected chi connectivity index (χ4v) is 4.32. The number of hydrogen-bond acceptors (Lipinski definition) is 2. The summed E-state index contributed by atoms with van der Waals surface area (Å²) in [6.07, 6.45) is 0.635. The minimum absolute atomic E-state index is 0.0214. The quantitative estimate of drug-likeness (QED) is 0.817. The average molecular weight is 388 g/mol. The highest BCUT2D eigenvalue weighted by atomic mass is 35.5. The van der Waals surface area contributed by atoms with Crippen molar-refractivity contribution in [2.45, 2.75) is 31.1 Å². The topological polar surface area (TPSA) is 46.2 Å². The van der Waals surface area contributed by atoms with Gasteiger partial charge in [-0.1, -0.05) is 29.8 Å². The van der Waals surface area contributed by atoms with E-state index in [0.29, 0.717) is 17.7 Å². The fraction of sp³-hybridized carbons (Fsp3) is 0.238. The van der Waals surface area contributed by atoms with Crippen LogP contribution in [0.2, 0.25) is 5.02 Å². The maximum absolute atomic E-state index is 14.4. The van der Waals surface area contributed by atoms with E-state index in [2.05, 4.69) is 5.32 Å². The minimum atomic E-state index is -0.691. The van der Waals surface area contributed by atoms with E-state index in [-0.39, 0.29) is 46.9 Å². The summed E-state index contributed by atoms with van der Waals surface area (Å²) < 4.78 is 27.6. The number of halogens is 3. The number of Topliss-reactive ketones (excluding diaryl/α,β-unsaturated/α-hetero) is 1. The third kappa shape index (κ3) is 3.28. The smallest absolute Gasteiger partial charge is 0.225 e. The Hall–Kier alpha value is -2.53. The van der Waals surface area contributed by atoms with Crippen molar-refractivity contribution in [3.05, 3.63) is 81.5 Å². The number of rotatable bonds is 2. The molecule has 1 heterocycles. The third-order valence-electron chi connectivity index (χ3n) is 5.23. The molecule has 0 fully saturated rings. The molecular formula is C21H16ClF2NO2. The molecule has 0 bridgehead atoms. The number of hydrogen-bond donors (Lipinski definition) is 1. The molecule has 2 aromatic rings. The lowest BCUT2D eigenvalue weighted by atomic mass is 9.73. The van der Waals surface area contributed by atoms with Crippen LogP contribution in [-0.2, 0) is 9.59 Å². The Morgan fingerprint density at radius 1 is 0.963 bits per heavy atom. The number of carbonyl (C=O) groups excluding carboxylic acids is 2. The van der Waals surface area contributed by atoms with Crippen molar-refractivity contribution < 1.29 is 18.4 Å². The van der Waals surface area contributed by atoms with Gasteiger partial charge in [0, 0.05) is 40.6 Å². The summed E-state index contributed by atoms with van der Waals surface area (Å²) in [5.41, 5.74) is 1.97. The second kappa shape index (κ2) is 6.89. The molecule has 0 aromatic heterocycles. The summed E-state index contributed by atoms with van der Waals surface area (Å²) in [6, 6.07) is 10.3. The SMILES string of the molecule is O=C1C[C@@H](c2c(F)cccc2Cl)C2=C(C[C@H](c3ccc(F)cc3)CC2=O)N1. The third-order valence-corrected chi connectivity index (χ3v) is 5.56. The van der Waals surface area contributed by atoms with E-state index in [1.165, 1.54) is 24.3 Å². The van der Waals surface area contributed by atoms with Crippen LogP contribution in [0.4, 0.5) is 8.78 Å². The molecule has 0 saturated heterocycles. The number of allylic oxidation sites excluding steroid dienone is 2. The number of benzene rings is 2. The Kier molecular flexibility index (Phi) is 4.56. The van der Waals surface area contributed by atoms with Gasteiger partial charge < -0.3 is 5.32 Å². The standard InChI is InChI=1S/C21H16ClF2NO2/c22-15-2-1-3-16(24)20(15)14-10-19(27)25-17-8-12(9-18(26)21(14)17)11-4-6-13(23)7-5-11/h1-7,12,14H,8-10H2,(H,25,27)/t12-,14-/m0/s1. The lowest BCUT2D eigenvalue weighted by molar-refractivity contribution is -0.122. The Balaban J connectivity index is 1.75. The zero-order valence-electron chi connectivity index (χ0n) is 14.3. The van der Waals surface area contributed by atoms with Crippen LogP contribution in [0, 0.1) is 11.6 Å². The van der Waals surface area contributed by atoms with Crippen molar-refractivity contribution in [2.75, 3.05) is 0 Å². The number of carbonyl (C=O) groups is 2. The first-order valence-corrected chi connectivity index (χ1v) is 9.07. The first-order valence-electron chi connectivity index (χ1n) is 8.69. The average Bonchev–Trinajstić information content (AvgIpc) is 2.61. The highest BCUT2D eigenvalue weighted by Gasteiger charge is 2.39. The monoisotopic (exact) mass is 387 g/mol. The Labute approximate surface area is 160 Å². The highest BCUT2D eigenvalue weighted by Crippen LogP contribution is 2.44. The van der Waals surface area contributed by atoms with Crippen molar-refractivity contribution in [1.82, 2.24) is 5.32 Å². The van der Waals surface area contributed by atoms with Gasteiger partial charge in [0.25, 0.3) is 0 Å². The molecule has 0 saturated carbocycles. The maximum Gasteiger partial charge on any atom is 0.225 e. The molecular weight excluding hydrogens is 372 g/mol. The predicted molar refractivity (Wildman–Crippen MR) is 97.3 cm³/mol. The second-order valence-electron chi connectivity index (χ2n) is 6.91. The van der Waals surface area contributed by atoms with Crippen LogP contribution in [0.25, 0.3) is 0 Å². The first kappa shape index (κ1) is 17.9. The molecule has 1 N–H and O–H groups in total. The van der Waals surface area contributed by atoms with Gasteiger partial charge in [0.15, 0.2) is 5.78 Å². The molecule has 2 aliphatic rings. The summed E-state index contributed by atoms with van der Waals surface area (Å²) in [4.78, 5) is 25.2. The zero-order chi connectivity index (χ0) is 19.1. The lowest BCUT2D eigenvalue weighted by Gasteiger charge is -2.34. The molecule has 0 spiro atoms. The molecule has 138 valence electrons. The van der Waals surface area contributed by atoms with Crippen molar-refractivity contribution in [1.29, 1.82) is 0 Å². The normalized spacial score (nSPS) is 22.5. The van der Waals surface area contributed by atoms with E-state index in [0.717, 1.165) is 5.56 Å². The van der Waals surface area contributed by atoms with E-state index in [1.54, 1.807) is 18.2 Å². The van der Waals surface area contributed by atoms with Gasteiger partial charge in [-0.2, -0.15) is 0 Å². The fourth-order valence-electron chi connectivity index (χ4n) is 4.02. The molecule has 1 amide bonds. The summed E-state index contributed by atoms with van der Waals surface area (Å²) in [5.74, 6) is -2.14. The van der Waals surface area contributed by atoms with Crippen LogP contribution in [0.3, 0.4) is 0 Å². The van der Waals surface area contributed by atoms with Gasteiger partial charge in [-0.05, 0) is 42.2 Å². The molecule has 27 heavy (non-hydrogen) atoms. The molecule has 2 aromatic carbocycles. The van der Waals surface area contributed by atoms with E-state index in [9.17, 15) is 18.4 Å². The predicted octanol–water partition coefficient (Wildman–Crippen LogP) is 4.62. The molecule has 4 rings (SSSR count). The van der Waals surface area contributed by atoms with E-state index in [1.807, 2.05) is 0 Å². The van der Waals surface area contributed by atoms with Gasteiger partial charge in [-0.3, -0.25) is 9.59 Å². The molecule has 1 aliphatic heterocycles. The minimum Gasteiger partial charge on any atom is -0.329 e. The van der Waals surface area contributed by atoms with Gasteiger partial charge in [0.05, 0.1) is 0 Å². The number of nitrogens with one attached hydrogen (secondary N) is 1. The van der Waals surface area contributed by atoms with Crippen LogP contribution >= 0.6 is 11.6 Å². The van der Waals surface area contributed by atoms with Crippen LogP contribution in [0.5, 0.6) is 0 Å². The maximum atomic E-state index is 14.4. The molecule has 1 aliphatic carbocycles. The first-order chi connectivity index (χ1) is 12.9. The second-order valence-corrected chi connectivity index (χ2v) is 7.32. The molecule has 6 heteroatoms. The Morgan fingerprint density at radius 2 is 1.70 bits per heavy atom. The van der Waals surface area contributed by atoms with E-state index in [4.69, 9.17) is 11.6 Å². The summed E-state index contributed by atoms with van der Waals surface area (Å²) in [7, 11) is 0. The van der Waals surface area contributed by atoms with Gasteiger partial charge in [0.1, 0.15) is 11.6 Å². The lowest BCUT2D eigenvalue weighted by Crippen LogP contribution is -2.38. The summed E-state index contributed by atoms with van der Waals surface area (Å²) in [5, 5.41) is 2.98. The molecule has 2 atom stereocenters. The largest absolute Gasteiger partial charge is 0.329 e. The molecule has 3 nitrogen and oxygen atoms in total. The number of amides is 1. The summed E-state index contributed by atoms with van der Waals surface area (Å²) in [6.45, 7) is 0. The van der Waals surface area contributed by atoms with Gasteiger partial charge in [-0.25, -0.2) is 8.78 Å². The summed E-state index contributed by atoms with van der Waals surface area (Å²) >= 11 is 6.19. The van der Waals surface area contributed by atoms with Gasteiger partial charge >= 0.3 is 0 Å². The Morgan fingerprint density at radius 3 is 2.41 bits per heavy atom. The zero-order valence-corrected chi connectivity index (χ0v) is 15.0. The van der Waals surface area contributed by atoms with E-state index >= 15 is 0 Å².